The van der Waals surface area contributed by atoms with Crippen molar-refractivity contribution in [2.45, 2.75) is 6.42 Å². The number of hydrogen-bond donors (Lipinski definition) is 0. The van der Waals surface area contributed by atoms with E-state index in [-0.39, 0.29) is 5.97 Å². The molecule has 4 heteroatoms. The van der Waals surface area contributed by atoms with Crippen molar-refractivity contribution in [2.75, 3.05) is 33.8 Å². The number of hydrogen-bond acceptors (Lipinski definition) is 4. The Balaban J connectivity index is 2.05. The average Bonchev–Trinajstić information content (AvgIpc) is 2.81. The van der Waals surface area contributed by atoms with Gasteiger partial charge in [-0.15, -0.1) is 0 Å². The van der Waals surface area contributed by atoms with E-state index in [0.29, 0.717) is 6.42 Å². The molecule has 1 heterocycles. The molecule has 1 saturated heterocycles. The van der Waals surface area contributed by atoms with E-state index < -0.39 is 0 Å². The number of carbonyl (C=O) groups excluding carboxylic acids is 1. The molecule has 0 aromatic heterocycles. The Morgan fingerprint density at radius 1 is 1.64 bits per heavy atom. The van der Waals surface area contributed by atoms with E-state index in [0.717, 1.165) is 19.6 Å². The Morgan fingerprint density at radius 2 is 2.27 bits per heavy atom. The maximum absolute atomic E-state index is 10.7. The zero-order valence-corrected chi connectivity index (χ0v) is 7.04. The molecular formula is C7H14N2O2. The van der Waals surface area contributed by atoms with E-state index in [2.05, 4.69) is 14.8 Å². The van der Waals surface area contributed by atoms with Gasteiger partial charge in [0.05, 0.1) is 13.5 Å². The Morgan fingerprint density at radius 3 is 2.73 bits per heavy atom. The maximum atomic E-state index is 10.7. The van der Waals surface area contributed by atoms with Crippen LogP contribution in [0.3, 0.4) is 0 Å². The van der Waals surface area contributed by atoms with Gasteiger partial charge in [0.1, 0.15) is 0 Å². The Hall–Kier alpha value is -0.610. The fourth-order valence-electron chi connectivity index (χ4n) is 0.883. The predicted octanol–water partition coefficient (Wildman–Crippen LogP) is -0.288. The highest BCUT2D eigenvalue weighted by Gasteiger charge is 2.22. The summed E-state index contributed by atoms with van der Waals surface area (Å²) < 4.78 is 4.52. The van der Waals surface area contributed by atoms with Gasteiger partial charge in [0, 0.05) is 26.7 Å². The smallest absolute Gasteiger partial charge is 0.306 e. The van der Waals surface area contributed by atoms with Crippen LogP contribution in [0.4, 0.5) is 0 Å². The summed E-state index contributed by atoms with van der Waals surface area (Å²) in [6, 6.07) is 0. The summed E-state index contributed by atoms with van der Waals surface area (Å²) in [5.74, 6) is -0.140. The van der Waals surface area contributed by atoms with Gasteiger partial charge in [-0.25, -0.2) is 10.0 Å². The lowest BCUT2D eigenvalue weighted by molar-refractivity contribution is -0.141. The van der Waals surface area contributed by atoms with E-state index in [1.165, 1.54) is 7.11 Å². The molecule has 0 unspecified atom stereocenters. The van der Waals surface area contributed by atoms with Crippen molar-refractivity contribution in [3.05, 3.63) is 0 Å². The highest BCUT2D eigenvalue weighted by Crippen LogP contribution is 2.06. The summed E-state index contributed by atoms with van der Waals surface area (Å²) >= 11 is 0. The molecule has 1 fully saturated rings. The molecule has 0 aromatic carbocycles. The van der Waals surface area contributed by atoms with Crippen LogP contribution in [-0.2, 0) is 9.53 Å². The van der Waals surface area contributed by atoms with Gasteiger partial charge in [-0.3, -0.25) is 4.79 Å². The first kappa shape index (κ1) is 8.49. The zero-order valence-electron chi connectivity index (χ0n) is 7.04. The third kappa shape index (κ3) is 2.86. The lowest BCUT2D eigenvalue weighted by Gasteiger charge is -2.15. The molecule has 0 N–H and O–H groups in total. The van der Waals surface area contributed by atoms with Crippen molar-refractivity contribution in [3.63, 3.8) is 0 Å². The Bertz CT molecular complexity index is 145. The number of ether oxygens (including phenoxy) is 1. The van der Waals surface area contributed by atoms with Crippen molar-refractivity contribution in [1.29, 1.82) is 0 Å². The van der Waals surface area contributed by atoms with Gasteiger partial charge >= 0.3 is 5.97 Å². The summed E-state index contributed by atoms with van der Waals surface area (Å²) in [5, 5.41) is 4.22. The SMILES string of the molecule is COC(=O)CCN(C)N1CC1. The lowest BCUT2D eigenvalue weighted by atomic mass is 10.4. The highest BCUT2D eigenvalue weighted by atomic mass is 16.5. The van der Waals surface area contributed by atoms with Gasteiger partial charge in [0.15, 0.2) is 0 Å². The standard InChI is InChI=1S/C7H14N2O2/c1-8(9-5-6-9)4-3-7(10)11-2/h3-6H2,1-2H3. The number of carbonyl (C=O) groups is 1. The van der Waals surface area contributed by atoms with Crippen LogP contribution < -0.4 is 0 Å². The van der Waals surface area contributed by atoms with E-state index in [1.54, 1.807) is 0 Å². The Kier molecular flexibility index (Phi) is 2.84. The Labute approximate surface area is 66.7 Å². The molecule has 0 radical (unpaired) electrons. The molecule has 64 valence electrons. The van der Waals surface area contributed by atoms with Crippen LogP contribution in [0.5, 0.6) is 0 Å². The number of hydrazine groups is 1. The number of esters is 1. The van der Waals surface area contributed by atoms with E-state index >= 15 is 0 Å². The molecule has 0 amide bonds. The average molecular weight is 158 g/mol. The van der Waals surface area contributed by atoms with Gasteiger partial charge < -0.3 is 4.74 Å². The molecule has 4 nitrogen and oxygen atoms in total. The molecule has 0 aromatic rings. The summed E-state index contributed by atoms with van der Waals surface area (Å²) in [4.78, 5) is 10.7. The quantitative estimate of drug-likeness (QED) is 0.416. The second kappa shape index (κ2) is 3.69. The van der Waals surface area contributed by atoms with Gasteiger partial charge in [0.25, 0.3) is 0 Å². The van der Waals surface area contributed by atoms with Crippen molar-refractivity contribution < 1.29 is 9.53 Å². The lowest BCUT2D eigenvalue weighted by Crippen LogP contribution is -2.27. The van der Waals surface area contributed by atoms with Gasteiger partial charge in [-0.1, -0.05) is 0 Å². The van der Waals surface area contributed by atoms with Gasteiger partial charge in [-0.2, -0.15) is 0 Å². The van der Waals surface area contributed by atoms with Crippen LogP contribution in [0.15, 0.2) is 0 Å². The third-order valence-electron chi connectivity index (χ3n) is 1.77. The molecule has 0 atom stereocenters. The van der Waals surface area contributed by atoms with Crippen LogP contribution in [-0.4, -0.2) is 49.8 Å². The third-order valence-corrected chi connectivity index (χ3v) is 1.77. The molecule has 0 aliphatic carbocycles. The van der Waals surface area contributed by atoms with E-state index in [4.69, 9.17) is 0 Å². The molecule has 1 aliphatic rings. The van der Waals surface area contributed by atoms with Crippen molar-refractivity contribution in [1.82, 2.24) is 10.0 Å². The summed E-state index contributed by atoms with van der Waals surface area (Å²) in [5.41, 5.74) is 0. The molecule has 1 aliphatic heterocycles. The molecule has 0 saturated carbocycles. The largest absolute Gasteiger partial charge is 0.469 e. The number of nitrogens with zero attached hydrogens (tertiary/aromatic N) is 2. The first-order valence-electron chi connectivity index (χ1n) is 3.77. The van der Waals surface area contributed by atoms with Crippen LogP contribution >= 0.6 is 0 Å². The fraction of sp³-hybridized carbons (Fsp3) is 0.857. The van der Waals surface area contributed by atoms with Crippen LogP contribution in [0.25, 0.3) is 0 Å². The summed E-state index contributed by atoms with van der Waals surface area (Å²) in [6.45, 7) is 3.00. The summed E-state index contributed by atoms with van der Waals surface area (Å²) in [6.07, 6.45) is 0.476. The first-order chi connectivity index (χ1) is 5.24. The number of methoxy groups -OCH3 is 1. The first-order valence-corrected chi connectivity index (χ1v) is 3.77. The molecule has 0 spiro atoms. The molecule has 11 heavy (non-hydrogen) atoms. The van der Waals surface area contributed by atoms with Crippen LogP contribution in [0.1, 0.15) is 6.42 Å². The van der Waals surface area contributed by atoms with Gasteiger partial charge in [-0.05, 0) is 0 Å². The topological polar surface area (TPSA) is 32.5 Å². The normalized spacial score (nSPS) is 17.0. The van der Waals surface area contributed by atoms with Crippen LogP contribution in [0.2, 0.25) is 0 Å². The van der Waals surface area contributed by atoms with E-state index in [1.807, 2.05) is 7.05 Å². The fourth-order valence-corrected chi connectivity index (χ4v) is 0.883. The van der Waals surface area contributed by atoms with Crippen LogP contribution in [0, 0.1) is 0 Å². The molecule has 1 rings (SSSR count). The second-order valence-electron chi connectivity index (χ2n) is 2.66. The minimum Gasteiger partial charge on any atom is -0.469 e. The molecular weight excluding hydrogens is 144 g/mol. The highest BCUT2D eigenvalue weighted by molar-refractivity contribution is 5.69. The monoisotopic (exact) mass is 158 g/mol. The van der Waals surface area contributed by atoms with Crippen molar-refractivity contribution in [3.8, 4) is 0 Å². The summed E-state index contributed by atoms with van der Waals surface area (Å²) in [7, 11) is 3.40. The zero-order chi connectivity index (χ0) is 8.27. The van der Waals surface area contributed by atoms with Crippen molar-refractivity contribution in [2.24, 2.45) is 0 Å². The predicted molar refractivity (Wildman–Crippen MR) is 40.8 cm³/mol. The molecule has 0 bridgehead atoms. The minimum absolute atomic E-state index is 0.140. The van der Waals surface area contributed by atoms with E-state index in [9.17, 15) is 4.79 Å². The van der Waals surface area contributed by atoms with Gasteiger partial charge in [0.2, 0.25) is 0 Å². The minimum atomic E-state index is -0.140. The number of rotatable bonds is 4. The van der Waals surface area contributed by atoms with Crippen molar-refractivity contribution >= 4 is 5.97 Å². The second-order valence-corrected chi connectivity index (χ2v) is 2.66. The maximum Gasteiger partial charge on any atom is 0.306 e.